The van der Waals surface area contributed by atoms with E-state index in [2.05, 4.69) is 15.4 Å². The van der Waals surface area contributed by atoms with Crippen molar-refractivity contribution in [2.45, 2.75) is 12.2 Å². The number of rotatable bonds is 5. The van der Waals surface area contributed by atoms with Crippen LogP contribution in [-0.4, -0.2) is 32.4 Å². The van der Waals surface area contributed by atoms with Gasteiger partial charge in [0.05, 0.1) is 0 Å². The minimum Gasteiger partial charge on any atom is -0.482 e. The Labute approximate surface area is 178 Å². The van der Waals surface area contributed by atoms with E-state index in [-0.39, 0.29) is 5.95 Å². The summed E-state index contributed by atoms with van der Waals surface area (Å²) in [4.78, 5) is 14.3. The van der Waals surface area contributed by atoms with Gasteiger partial charge in [-0.25, -0.2) is 9.48 Å². The fraction of sp³-hybridized carbons (Fsp3) is 0.150. The van der Waals surface area contributed by atoms with Crippen LogP contribution in [-0.2, 0) is 11.0 Å². The number of nitrogens with zero attached hydrogens (tertiary/aromatic N) is 3. The maximum atomic E-state index is 13.2. The van der Waals surface area contributed by atoms with Gasteiger partial charge in [-0.05, 0) is 35.9 Å². The lowest BCUT2D eigenvalue weighted by atomic mass is 10.0. The number of carboxylic acid groups (broad SMARTS) is 1. The number of carboxylic acids is 1. The molecule has 1 aliphatic heterocycles. The molecule has 0 radical (unpaired) electrons. The predicted molar refractivity (Wildman–Crippen MR) is 106 cm³/mol. The molecule has 11 heteroatoms. The first-order valence-electron chi connectivity index (χ1n) is 8.94. The number of allylic oxidation sites excluding steroid dienone is 1. The van der Waals surface area contributed by atoms with Crippen molar-refractivity contribution < 1.29 is 27.8 Å². The van der Waals surface area contributed by atoms with Crippen LogP contribution in [0.4, 0.5) is 19.1 Å². The van der Waals surface area contributed by atoms with E-state index in [1.807, 2.05) is 0 Å². The first kappa shape index (κ1) is 20.7. The minimum atomic E-state index is -4.71. The number of aliphatic carboxylic acids is 1. The van der Waals surface area contributed by atoms with Crippen molar-refractivity contribution in [1.82, 2.24) is 14.8 Å². The smallest absolute Gasteiger partial charge is 0.453 e. The Bertz CT molecular complexity index is 1160. The summed E-state index contributed by atoms with van der Waals surface area (Å²) in [7, 11) is 0. The number of anilines is 1. The van der Waals surface area contributed by atoms with Gasteiger partial charge in [-0.1, -0.05) is 35.9 Å². The zero-order valence-electron chi connectivity index (χ0n) is 15.6. The number of benzene rings is 2. The molecule has 160 valence electrons. The third kappa shape index (κ3) is 4.48. The highest BCUT2D eigenvalue weighted by atomic mass is 35.5. The van der Waals surface area contributed by atoms with Gasteiger partial charge in [-0.3, -0.25) is 0 Å². The highest BCUT2D eigenvalue weighted by Gasteiger charge is 2.39. The Balaban J connectivity index is 1.76. The van der Waals surface area contributed by atoms with Gasteiger partial charge >= 0.3 is 12.1 Å². The van der Waals surface area contributed by atoms with Gasteiger partial charge in [0.2, 0.25) is 5.95 Å². The van der Waals surface area contributed by atoms with Crippen LogP contribution in [0.5, 0.6) is 5.75 Å². The summed E-state index contributed by atoms with van der Waals surface area (Å²) in [6, 6.07) is 12.5. The molecular weight excluding hydrogens is 437 g/mol. The molecule has 2 aromatic carbocycles. The normalized spacial score (nSPS) is 15.6. The van der Waals surface area contributed by atoms with E-state index in [1.165, 1.54) is 0 Å². The van der Waals surface area contributed by atoms with Crippen LogP contribution >= 0.6 is 11.6 Å². The number of ether oxygens (including phenoxy) is 1. The van der Waals surface area contributed by atoms with E-state index >= 15 is 0 Å². The molecule has 7 nitrogen and oxygen atoms in total. The second-order valence-corrected chi connectivity index (χ2v) is 7.05. The number of hydrogen-bond acceptors (Lipinski definition) is 5. The Kier molecular flexibility index (Phi) is 5.32. The first-order valence-corrected chi connectivity index (χ1v) is 9.31. The zero-order valence-corrected chi connectivity index (χ0v) is 16.4. The van der Waals surface area contributed by atoms with Crippen molar-refractivity contribution in [1.29, 1.82) is 0 Å². The van der Waals surface area contributed by atoms with Crippen molar-refractivity contribution in [3.05, 3.63) is 76.6 Å². The average Bonchev–Trinajstić information content (AvgIpc) is 3.17. The number of nitrogens with one attached hydrogen (secondary N) is 1. The number of hydrogen-bond donors (Lipinski definition) is 2. The van der Waals surface area contributed by atoms with Gasteiger partial charge in [-0.15, -0.1) is 5.10 Å². The molecule has 2 N–H and O–H groups in total. The van der Waals surface area contributed by atoms with E-state index < -0.39 is 30.6 Å². The van der Waals surface area contributed by atoms with Crippen molar-refractivity contribution in [2.75, 3.05) is 11.9 Å². The molecule has 0 saturated heterocycles. The second-order valence-electron chi connectivity index (χ2n) is 6.61. The van der Waals surface area contributed by atoms with E-state index in [9.17, 15) is 18.0 Å². The number of halogens is 4. The van der Waals surface area contributed by atoms with Crippen LogP contribution in [0.25, 0.3) is 5.70 Å². The molecule has 0 fully saturated rings. The summed E-state index contributed by atoms with van der Waals surface area (Å²) in [5, 5.41) is 15.8. The molecule has 0 aliphatic carbocycles. The van der Waals surface area contributed by atoms with Gasteiger partial charge in [-0.2, -0.15) is 18.2 Å². The summed E-state index contributed by atoms with van der Waals surface area (Å²) in [5.74, 6) is -2.17. The van der Waals surface area contributed by atoms with E-state index in [1.54, 1.807) is 54.6 Å². The molecule has 31 heavy (non-hydrogen) atoms. The van der Waals surface area contributed by atoms with Crippen LogP contribution in [0.15, 0.2) is 54.6 Å². The Morgan fingerprint density at radius 1 is 1.23 bits per heavy atom. The maximum absolute atomic E-state index is 13.2. The van der Waals surface area contributed by atoms with Crippen LogP contribution in [0.2, 0.25) is 5.02 Å². The Morgan fingerprint density at radius 3 is 2.65 bits per heavy atom. The van der Waals surface area contributed by atoms with E-state index in [0.717, 1.165) is 4.68 Å². The molecule has 3 aromatic rings. The molecule has 0 unspecified atom stereocenters. The van der Waals surface area contributed by atoms with Gasteiger partial charge in [0, 0.05) is 16.3 Å². The summed E-state index contributed by atoms with van der Waals surface area (Å²) in [6.07, 6.45) is -3.01. The monoisotopic (exact) mass is 450 g/mol. The molecule has 0 spiro atoms. The van der Waals surface area contributed by atoms with E-state index in [4.69, 9.17) is 21.4 Å². The molecular formula is C20H14ClF3N4O3. The molecule has 1 atom stereocenters. The standard InChI is InChI=1S/C20H14ClF3N4O3/c21-13-6-4-11(5-7-13)16-9-15(12-2-1-3-14(8-12)31-10-17(29)30)25-19-26-18(20(22,23)24)27-28(16)19/h1-9,16H,10H2,(H,29,30)(H,25,26,27)/t16-/m1/s1. The van der Waals surface area contributed by atoms with Crippen molar-refractivity contribution >= 4 is 29.2 Å². The topological polar surface area (TPSA) is 89.3 Å². The van der Waals surface area contributed by atoms with Gasteiger partial charge in [0.15, 0.2) is 6.61 Å². The fourth-order valence-corrected chi connectivity index (χ4v) is 3.20. The average molecular weight is 451 g/mol. The molecule has 1 aliphatic rings. The third-order valence-corrected chi connectivity index (χ3v) is 4.69. The predicted octanol–water partition coefficient (Wildman–Crippen LogP) is 4.47. The van der Waals surface area contributed by atoms with Gasteiger partial charge < -0.3 is 15.2 Å². The number of aromatic nitrogens is 3. The lowest BCUT2D eigenvalue weighted by Crippen LogP contribution is -2.20. The zero-order chi connectivity index (χ0) is 22.2. The van der Waals surface area contributed by atoms with Crippen LogP contribution in [0.1, 0.15) is 23.0 Å². The molecule has 4 rings (SSSR count). The fourth-order valence-electron chi connectivity index (χ4n) is 3.08. The van der Waals surface area contributed by atoms with Crippen molar-refractivity contribution in [3.8, 4) is 5.75 Å². The molecule has 0 saturated carbocycles. The number of carbonyl (C=O) groups is 1. The second kappa shape index (κ2) is 7.95. The lowest BCUT2D eigenvalue weighted by molar-refractivity contribution is -0.145. The summed E-state index contributed by atoms with van der Waals surface area (Å²) in [5.41, 5.74) is 1.69. The number of alkyl halides is 3. The molecule has 1 aromatic heterocycles. The summed E-state index contributed by atoms with van der Waals surface area (Å²) in [6.45, 7) is -0.521. The maximum Gasteiger partial charge on any atom is 0.453 e. The number of fused-ring (bicyclic) bond motifs is 1. The Hall–Kier alpha value is -3.53. The quantitative estimate of drug-likeness (QED) is 0.596. The first-order chi connectivity index (χ1) is 14.7. The molecule has 0 bridgehead atoms. The highest BCUT2D eigenvalue weighted by Crippen LogP contribution is 2.36. The van der Waals surface area contributed by atoms with Crippen LogP contribution < -0.4 is 10.1 Å². The summed E-state index contributed by atoms with van der Waals surface area (Å²) >= 11 is 5.94. The largest absolute Gasteiger partial charge is 0.482 e. The molecule has 2 heterocycles. The van der Waals surface area contributed by atoms with Crippen LogP contribution in [0.3, 0.4) is 0 Å². The SMILES string of the molecule is O=C(O)COc1cccc(C2=C[C@H](c3ccc(Cl)cc3)n3nc(C(F)(F)F)nc3N2)c1. The third-order valence-electron chi connectivity index (χ3n) is 4.44. The van der Waals surface area contributed by atoms with Gasteiger partial charge in [0.25, 0.3) is 5.82 Å². The highest BCUT2D eigenvalue weighted by molar-refractivity contribution is 6.30. The van der Waals surface area contributed by atoms with Gasteiger partial charge in [0.1, 0.15) is 11.8 Å². The van der Waals surface area contributed by atoms with Crippen molar-refractivity contribution in [3.63, 3.8) is 0 Å². The minimum absolute atomic E-state index is 0.0818. The van der Waals surface area contributed by atoms with Crippen LogP contribution in [0, 0.1) is 0 Å². The van der Waals surface area contributed by atoms with E-state index in [0.29, 0.717) is 27.6 Å². The molecule has 0 amide bonds. The summed E-state index contributed by atoms with van der Waals surface area (Å²) < 4.78 is 46.0. The lowest BCUT2D eigenvalue weighted by Gasteiger charge is -2.24. The van der Waals surface area contributed by atoms with Crippen molar-refractivity contribution in [2.24, 2.45) is 0 Å². The Morgan fingerprint density at radius 2 is 1.97 bits per heavy atom.